The van der Waals surface area contributed by atoms with Crippen LogP contribution in [0.3, 0.4) is 0 Å². The van der Waals surface area contributed by atoms with Gasteiger partial charge >= 0.3 is 5.97 Å². The third-order valence-corrected chi connectivity index (χ3v) is 7.04. The molecule has 4 rings (SSSR count). The molecule has 2 heterocycles. The number of aryl methyl sites for hydroxylation is 1. The van der Waals surface area contributed by atoms with E-state index in [1.54, 1.807) is 19.2 Å². The van der Waals surface area contributed by atoms with Crippen molar-refractivity contribution in [2.45, 2.75) is 51.0 Å². The fraction of sp³-hybridized carbons (Fsp3) is 0.481. The molecule has 2 aromatic carbocycles. The Morgan fingerprint density at radius 3 is 2.35 bits per heavy atom. The van der Waals surface area contributed by atoms with Crippen molar-refractivity contribution in [1.82, 2.24) is 4.90 Å². The average molecular weight is 466 g/mol. The van der Waals surface area contributed by atoms with Crippen molar-refractivity contribution < 1.29 is 19.4 Å². The van der Waals surface area contributed by atoms with Crippen molar-refractivity contribution in [2.75, 3.05) is 43.5 Å². The second-order valence-corrected chi connectivity index (χ2v) is 9.25. The van der Waals surface area contributed by atoms with Crippen molar-refractivity contribution >= 4 is 23.3 Å². The Hall–Kier alpha value is -3.06. The summed E-state index contributed by atoms with van der Waals surface area (Å²) < 4.78 is 5.16. The van der Waals surface area contributed by atoms with Crippen LogP contribution in [-0.2, 0) is 11.2 Å². The monoisotopic (exact) mass is 465 g/mol. The van der Waals surface area contributed by atoms with Crippen LogP contribution in [0.2, 0.25) is 0 Å². The van der Waals surface area contributed by atoms with E-state index in [1.807, 2.05) is 30.3 Å². The molecule has 0 saturated carbocycles. The molecule has 7 heteroatoms. The van der Waals surface area contributed by atoms with Gasteiger partial charge in [-0.15, -0.1) is 0 Å². The molecule has 2 fully saturated rings. The van der Waals surface area contributed by atoms with Gasteiger partial charge in [-0.2, -0.15) is 0 Å². The molecule has 2 aliphatic rings. The standard InChI is InChI=1S/C27H35N3O4/c1-34-23-9-5-20(6-10-23)7-12-26(31)28-25-11-8-22(19-24(25)27(32)33)30-17-13-21(14-18-30)29-15-3-2-4-16-29/h5-6,8-11,19,21H,2-4,7,12-18H2,1H3,(H,28,31)(H,32,33). The first-order valence-electron chi connectivity index (χ1n) is 12.3. The van der Waals surface area contributed by atoms with Crippen LogP contribution < -0.4 is 15.0 Å². The van der Waals surface area contributed by atoms with Gasteiger partial charge in [-0.05, 0) is 81.1 Å². The minimum Gasteiger partial charge on any atom is -0.497 e. The van der Waals surface area contributed by atoms with Crippen molar-refractivity contribution in [3.63, 3.8) is 0 Å². The Morgan fingerprint density at radius 2 is 1.71 bits per heavy atom. The smallest absolute Gasteiger partial charge is 0.337 e. The number of carbonyl (C=O) groups is 2. The van der Waals surface area contributed by atoms with Crippen LogP contribution in [0.25, 0.3) is 0 Å². The molecular weight excluding hydrogens is 430 g/mol. The first-order chi connectivity index (χ1) is 16.5. The number of nitrogens with one attached hydrogen (secondary N) is 1. The maximum absolute atomic E-state index is 12.5. The number of nitrogens with zero attached hydrogens (tertiary/aromatic N) is 2. The number of anilines is 2. The molecule has 0 aliphatic carbocycles. The summed E-state index contributed by atoms with van der Waals surface area (Å²) in [5, 5.41) is 12.6. The lowest BCUT2D eigenvalue weighted by atomic mass is 9.99. The third-order valence-electron chi connectivity index (χ3n) is 7.04. The van der Waals surface area contributed by atoms with E-state index in [-0.39, 0.29) is 17.9 Å². The zero-order chi connectivity index (χ0) is 23.9. The van der Waals surface area contributed by atoms with Gasteiger partial charge in [0.05, 0.1) is 18.4 Å². The number of aromatic carboxylic acids is 1. The number of ether oxygens (including phenoxy) is 1. The van der Waals surface area contributed by atoms with Crippen LogP contribution in [-0.4, -0.2) is 61.2 Å². The van der Waals surface area contributed by atoms with Gasteiger partial charge in [-0.3, -0.25) is 4.79 Å². The number of piperidine rings is 2. The molecule has 0 aromatic heterocycles. The summed E-state index contributed by atoms with van der Waals surface area (Å²) in [4.78, 5) is 29.4. The molecule has 7 nitrogen and oxygen atoms in total. The number of amides is 1. The largest absolute Gasteiger partial charge is 0.497 e. The van der Waals surface area contributed by atoms with Crippen LogP contribution in [0.5, 0.6) is 5.75 Å². The maximum Gasteiger partial charge on any atom is 0.337 e. The quantitative estimate of drug-likeness (QED) is 0.601. The van der Waals surface area contributed by atoms with Gasteiger partial charge < -0.3 is 25.0 Å². The number of rotatable bonds is 8. The number of carboxylic acids is 1. The highest BCUT2D eigenvalue weighted by Crippen LogP contribution is 2.28. The molecule has 0 unspecified atom stereocenters. The first-order valence-corrected chi connectivity index (χ1v) is 12.3. The van der Waals surface area contributed by atoms with Crippen LogP contribution in [0.15, 0.2) is 42.5 Å². The molecule has 2 N–H and O–H groups in total. The molecule has 0 bridgehead atoms. The lowest BCUT2D eigenvalue weighted by Crippen LogP contribution is -2.46. The molecule has 2 saturated heterocycles. The van der Waals surface area contributed by atoms with Crippen molar-refractivity contribution in [3.05, 3.63) is 53.6 Å². The minimum absolute atomic E-state index is 0.133. The molecule has 2 aliphatic heterocycles. The van der Waals surface area contributed by atoms with E-state index in [9.17, 15) is 14.7 Å². The van der Waals surface area contributed by atoms with E-state index in [2.05, 4.69) is 15.1 Å². The summed E-state index contributed by atoms with van der Waals surface area (Å²) in [5.74, 6) is -0.459. The number of benzene rings is 2. The summed E-state index contributed by atoms with van der Waals surface area (Å²) in [6, 6.07) is 13.6. The Bertz CT molecular complexity index is 978. The molecule has 0 atom stereocenters. The highest BCUT2D eigenvalue weighted by molar-refractivity contribution is 6.01. The van der Waals surface area contributed by atoms with Crippen LogP contribution in [0.1, 0.15) is 54.4 Å². The summed E-state index contributed by atoms with van der Waals surface area (Å²) >= 11 is 0. The Morgan fingerprint density at radius 1 is 1.00 bits per heavy atom. The minimum atomic E-state index is -1.03. The molecule has 34 heavy (non-hydrogen) atoms. The second-order valence-electron chi connectivity index (χ2n) is 9.25. The summed E-state index contributed by atoms with van der Waals surface area (Å²) in [5.41, 5.74) is 2.41. The number of carboxylic acid groups (broad SMARTS) is 1. The number of likely N-dealkylation sites (tertiary alicyclic amines) is 1. The van der Waals surface area contributed by atoms with Gasteiger partial charge in [0.1, 0.15) is 5.75 Å². The van der Waals surface area contributed by atoms with Gasteiger partial charge in [-0.1, -0.05) is 18.6 Å². The van der Waals surface area contributed by atoms with E-state index in [4.69, 9.17) is 4.74 Å². The van der Waals surface area contributed by atoms with E-state index < -0.39 is 5.97 Å². The van der Waals surface area contributed by atoms with E-state index in [0.717, 1.165) is 42.9 Å². The van der Waals surface area contributed by atoms with E-state index in [0.29, 0.717) is 18.2 Å². The van der Waals surface area contributed by atoms with Crippen LogP contribution in [0, 0.1) is 0 Å². The Labute approximate surface area is 201 Å². The van der Waals surface area contributed by atoms with Crippen molar-refractivity contribution in [1.29, 1.82) is 0 Å². The highest BCUT2D eigenvalue weighted by atomic mass is 16.5. The van der Waals surface area contributed by atoms with Gasteiger partial charge in [0.15, 0.2) is 0 Å². The Kier molecular flexibility index (Phi) is 8.06. The molecule has 182 valence electrons. The van der Waals surface area contributed by atoms with Gasteiger partial charge in [-0.25, -0.2) is 4.79 Å². The predicted octanol–water partition coefficient (Wildman–Crippen LogP) is 4.42. The summed E-state index contributed by atoms with van der Waals surface area (Å²) in [6.45, 7) is 4.27. The van der Waals surface area contributed by atoms with Gasteiger partial charge in [0, 0.05) is 31.2 Å². The number of hydrogen-bond acceptors (Lipinski definition) is 5. The number of hydrogen-bond donors (Lipinski definition) is 2. The lowest BCUT2D eigenvalue weighted by Gasteiger charge is -2.41. The SMILES string of the molecule is COc1ccc(CCC(=O)Nc2ccc(N3CCC(N4CCCCC4)CC3)cc2C(=O)O)cc1. The first kappa shape index (κ1) is 24.1. The van der Waals surface area contributed by atoms with Gasteiger partial charge in [0.2, 0.25) is 5.91 Å². The van der Waals surface area contributed by atoms with Crippen LogP contribution >= 0.6 is 0 Å². The fourth-order valence-electron chi connectivity index (χ4n) is 5.05. The predicted molar refractivity (Wildman–Crippen MR) is 134 cm³/mol. The third kappa shape index (κ3) is 6.08. The van der Waals surface area contributed by atoms with Crippen molar-refractivity contribution in [2.24, 2.45) is 0 Å². The Balaban J connectivity index is 1.34. The lowest BCUT2D eigenvalue weighted by molar-refractivity contribution is -0.116. The molecule has 0 spiro atoms. The molecule has 2 aromatic rings. The van der Waals surface area contributed by atoms with Crippen LogP contribution in [0.4, 0.5) is 11.4 Å². The molecule has 0 radical (unpaired) electrons. The fourth-order valence-corrected chi connectivity index (χ4v) is 5.05. The average Bonchev–Trinajstić information content (AvgIpc) is 2.88. The number of carbonyl (C=O) groups excluding carboxylic acids is 1. The van der Waals surface area contributed by atoms with Gasteiger partial charge in [0.25, 0.3) is 0 Å². The molecule has 1 amide bonds. The molecular formula is C27H35N3O4. The second kappa shape index (κ2) is 11.4. The normalized spacial score (nSPS) is 17.4. The zero-order valence-electron chi connectivity index (χ0n) is 20.0. The summed E-state index contributed by atoms with van der Waals surface area (Å²) in [6.07, 6.45) is 7.00. The topological polar surface area (TPSA) is 82.1 Å². The van der Waals surface area contributed by atoms with E-state index in [1.165, 1.54) is 32.4 Å². The maximum atomic E-state index is 12.5. The number of methoxy groups -OCH3 is 1. The summed E-state index contributed by atoms with van der Waals surface area (Å²) in [7, 11) is 1.62. The zero-order valence-corrected chi connectivity index (χ0v) is 20.0. The van der Waals surface area contributed by atoms with E-state index >= 15 is 0 Å². The van der Waals surface area contributed by atoms with Crippen molar-refractivity contribution in [3.8, 4) is 5.75 Å². The highest BCUT2D eigenvalue weighted by Gasteiger charge is 2.26.